The average molecular weight is 615 g/mol. The van der Waals surface area contributed by atoms with E-state index in [0.29, 0.717) is 0 Å². The summed E-state index contributed by atoms with van der Waals surface area (Å²) >= 11 is 0. The summed E-state index contributed by atoms with van der Waals surface area (Å²) in [5, 5.41) is 2.75. The van der Waals surface area contributed by atoms with Crippen LogP contribution in [-0.2, 0) is 11.3 Å². The Kier molecular flexibility index (Phi) is 9.38. The van der Waals surface area contributed by atoms with E-state index in [2.05, 4.69) is 186 Å². The van der Waals surface area contributed by atoms with Gasteiger partial charge in [0.25, 0.3) is 0 Å². The van der Waals surface area contributed by atoms with Gasteiger partial charge in [-0.2, -0.15) is 0 Å². The Morgan fingerprint density at radius 3 is 1.32 bits per heavy atom. The van der Waals surface area contributed by atoms with Crippen LogP contribution in [0.4, 0.5) is 0 Å². The highest BCUT2D eigenvalue weighted by Gasteiger charge is 2.49. The predicted molar refractivity (Wildman–Crippen MR) is 200 cm³/mol. The minimum Gasteiger partial charge on any atom is -0.125 e. The molecule has 44 heavy (non-hydrogen) atoms. The highest BCUT2D eigenvalue weighted by molar-refractivity contribution is 7.72. The molecule has 0 aliphatic rings. The third-order valence-corrected chi connectivity index (χ3v) is 14.2. The maximum Gasteiger partial charge on any atom is 0.0197 e. The van der Waals surface area contributed by atoms with Crippen molar-refractivity contribution in [1.29, 1.82) is 0 Å². The van der Waals surface area contributed by atoms with Gasteiger partial charge in [0.15, 0.2) is 0 Å². The summed E-state index contributed by atoms with van der Waals surface area (Å²) in [7, 11) is 2.75. The van der Waals surface area contributed by atoms with Gasteiger partial charge in [0.1, 0.15) is 0 Å². The van der Waals surface area contributed by atoms with Crippen LogP contribution in [0.15, 0.2) is 121 Å². The first-order valence-corrected chi connectivity index (χ1v) is 17.9. The van der Waals surface area contributed by atoms with E-state index in [1.54, 1.807) is 0 Å². The molecule has 0 bridgehead atoms. The molecule has 0 aromatic heterocycles. The fraction of sp³-hybridized carbons (Fsp3) is 0.286. The van der Waals surface area contributed by atoms with Crippen LogP contribution < -0.4 is 10.6 Å². The fourth-order valence-corrected chi connectivity index (χ4v) is 10.00. The summed E-state index contributed by atoms with van der Waals surface area (Å²) in [6.07, 6.45) is 0.984. The maximum absolute atomic E-state index is 3.41. The summed E-state index contributed by atoms with van der Waals surface area (Å²) in [6, 6.07) is 45.1. The Bertz CT molecular complexity index is 1660. The van der Waals surface area contributed by atoms with E-state index in [1.807, 2.05) is 0 Å². The Labute approximate surface area is 270 Å². The second-order valence-corrected chi connectivity index (χ2v) is 17.3. The molecule has 0 saturated carbocycles. The van der Waals surface area contributed by atoms with Gasteiger partial charge in [-0.05, 0) is 99.8 Å². The molecule has 0 saturated heterocycles. The van der Waals surface area contributed by atoms with Gasteiger partial charge in [-0.3, -0.25) is 0 Å². The van der Waals surface area contributed by atoms with Crippen molar-refractivity contribution in [2.45, 2.75) is 66.7 Å². The van der Waals surface area contributed by atoms with E-state index < -0.39 is 7.92 Å². The highest BCUT2D eigenvalue weighted by atomic mass is 31.1. The number of rotatable bonds is 7. The van der Waals surface area contributed by atoms with Crippen LogP contribution in [0, 0.1) is 24.7 Å². The highest BCUT2D eigenvalue weighted by Crippen LogP contribution is 2.60. The van der Waals surface area contributed by atoms with Crippen LogP contribution in [-0.4, -0.2) is 0 Å². The quantitative estimate of drug-likeness (QED) is 0.160. The SMILES string of the molecule is Cc1ccccc1P(Cc1cc(-c2ccccc2)c(-c2ccccc2)cc1C(P)(C(C)(C)C)C(C)(C)C)c1ccccc1C. The molecular formula is C42H48P2. The smallest absolute Gasteiger partial charge is 0.0197 e. The summed E-state index contributed by atoms with van der Waals surface area (Å²) < 4.78 is 0. The van der Waals surface area contributed by atoms with Crippen molar-refractivity contribution in [2.24, 2.45) is 10.8 Å². The molecule has 1 atom stereocenters. The van der Waals surface area contributed by atoms with Gasteiger partial charge in [-0.1, -0.05) is 151 Å². The molecule has 226 valence electrons. The zero-order chi connectivity index (χ0) is 31.7. The van der Waals surface area contributed by atoms with Crippen LogP contribution in [0.3, 0.4) is 0 Å². The first-order chi connectivity index (χ1) is 20.8. The van der Waals surface area contributed by atoms with E-state index >= 15 is 0 Å². The lowest BCUT2D eigenvalue weighted by atomic mass is 9.61. The molecule has 0 N–H and O–H groups in total. The van der Waals surface area contributed by atoms with E-state index in [9.17, 15) is 0 Å². The van der Waals surface area contributed by atoms with Crippen molar-refractivity contribution < 1.29 is 0 Å². The van der Waals surface area contributed by atoms with E-state index in [-0.39, 0.29) is 16.0 Å². The van der Waals surface area contributed by atoms with Gasteiger partial charge < -0.3 is 0 Å². The molecule has 0 amide bonds. The number of hydrogen-bond acceptors (Lipinski definition) is 0. The molecule has 5 rings (SSSR count). The lowest BCUT2D eigenvalue weighted by molar-refractivity contribution is 0.139. The summed E-state index contributed by atoms with van der Waals surface area (Å²) in [6.45, 7) is 19.0. The van der Waals surface area contributed by atoms with Crippen molar-refractivity contribution in [3.05, 3.63) is 144 Å². The molecule has 0 radical (unpaired) electrons. The number of aryl methyl sites for hydroxylation is 2. The third kappa shape index (κ3) is 6.23. The average Bonchev–Trinajstić information content (AvgIpc) is 3.00. The standard InChI is InChI=1S/C42H48P2/c1-30-19-15-17-25-38(30)44(39-26-18-16-20-31(39)2)29-34-27-35(32-21-11-9-12-22-32)36(33-23-13-10-14-24-33)28-37(34)42(43,40(3,4)5)41(6,7)8/h9-28H,29,43H2,1-8H3. The van der Waals surface area contributed by atoms with E-state index in [4.69, 9.17) is 0 Å². The predicted octanol–water partition coefficient (Wildman–Crippen LogP) is 11.4. The molecule has 1 unspecified atom stereocenters. The van der Waals surface area contributed by atoms with E-state index in [0.717, 1.165) is 6.16 Å². The van der Waals surface area contributed by atoms with Gasteiger partial charge in [-0.25, -0.2) is 0 Å². The van der Waals surface area contributed by atoms with E-state index in [1.165, 1.54) is 55.1 Å². The van der Waals surface area contributed by atoms with Gasteiger partial charge in [-0.15, -0.1) is 9.24 Å². The number of hydrogen-bond donors (Lipinski definition) is 0. The molecule has 0 aliphatic heterocycles. The molecule has 0 spiro atoms. The largest absolute Gasteiger partial charge is 0.125 e. The lowest BCUT2D eigenvalue weighted by Gasteiger charge is -2.53. The van der Waals surface area contributed by atoms with Gasteiger partial charge >= 0.3 is 0 Å². The van der Waals surface area contributed by atoms with Crippen LogP contribution in [0.25, 0.3) is 22.3 Å². The molecular weight excluding hydrogens is 566 g/mol. The second kappa shape index (κ2) is 12.8. The van der Waals surface area contributed by atoms with Gasteiger partial charge in [0.05, 0.1) is 0 Å². The van der Waals surface area contributed by atoms with Crippen LogP contribution in [0.2, 0.25) is 0 Å². The minimum atomic E-state index is -0.658. The molecule has 5 aromatic carbocycles. The molecule has 5 aromatic rings. The second-order valence-electron chi connectivity index (χ2n) is 14.3. The molecule has 0 fully saturated rings. The van der Waals surface area contributed by atoms with Crippen LogP contribution >= 0.6 is 17.2 Å². The van der Waals surface area contributed by atoms with Gasteiger partial charge in [0, 0.05) is 11.3 Å². The van der Waals surface area contributed by atoms with Crippen molar-refractivity contribution in [1.82, 2.24) is 0 Å². The number of benzene rings is 5. The Balaban J connectivity index is 1.88. The Hall–Kier alpha value is -3.04. The van der Waals surface area contributed by atoms with Crippen molar-refractivity contribution in [2.75, 3.05) is 0 Å². The first-order valence-electron chi connectivity index (χ1n) is 15.8. The summed E-state index contributed by atoms with van der Waals surface area (Å²) in [5.41, 5.74) is 10.7. The summed E-state index contributed by atoms with van der Waals surface area (Å²) in [5.74, 6) is 0. The fourth-order valence-electron chi connectivity index (χ4n) is 6.99. The van der Waals surface area contributed by atoms with Crippen molar-refractivity contribution in [3.63, 3.8) is 0 Å². The molecule has 0 aliphatic carbocycles. The summed E-state index contributed by atoms with van der Waals surface area (Å²) in [4.78, 5) is 0. The van der Waals surface area contributed by atoms with Crippen LogP contribution in [0.1, 0.15) is 63.8 Å². The first kappa shape index (κ1) is 32.4. The lowest BCUT2D eigenvalue weighted by Crippen LogP contribution is -2.46. The zero-order valence-electron chi connectivity index (χ0n) is 27.8. The Morgan fingerprint density at radius 2 is 0.909 bits per heavy atom. The van der Waals surface area contributed by atoms with Crippen molar-refractivity contribution in [3.8, 4) is 22.3 Å². The van der Waals surface area contributed by atoms with Crippen molar-refractivity contribution >= 4 is 27.8 Å². The molecule has 2 heteroatoms. The molecule has 0 heterocycles. The maximum atomic E-state index is 3.41. The van der Waals surface area contributed by atoms with Gasteiger partial charge in [0.2, 0.25) is 0 Å². The minimum absolute atomic E-state index is 0.0129. The topological polar surface area (TPSA) is 0 Å². The molecule has 0 nitrogen and oxygen atoms in total. The normalized spacial score (nSPS) is 12.5. The Morgan fingerprint density at radius 1 is 0.523 bits per heavy atom. The van der Waals surface area contributed by atoms with Crippen LogP contribution in [0.5, 0.6) is 0 Å². The third-order valence-electron chi connectivity index (χ3n) is 9.34. The monoisotopic (exact) mass is 614 g/mol. The zero-order valence-corrected chi connectivity index (χ0v) is 29.8.